The van der Waals surface area contributed by atoms with Crippen molar-refractivity contribution in [3.63, 3.8) is 0 Å². The van der Waals surface area contributed by atoms with Gasteiger partial charge in [0.15, 0.2) is 0 Å². The number of ether oxygens (including phenoxy) is 1. The fourth-order valence-electron chi connectivity index (χ4n) is 2.55. The smallest absolute Gasteiger partial charge is 0.253 e. The number of carbonyl (C=O) groups is 1. The Morgan fingerprint density at radius 2 is 2.21 bits per heavy atom. The molecule has 0 spiro atoms. The highest BCUT2D eigenvalue weighted by Crippen LogP contribution is 2.26. The molecule has 2 atom stereocenters. The zero-order valence-corrected chi connectivity index (χ0v) is 12.8. The molecule has 5 heteroatoms. The van der Waals surface area contributed by atoms with Crippen molar-refractivity contribution in [1.82, 2.24) is 4.90 Å². The van der Waals surface area contributed by atoms with Gasteiger partial charge in [-0.1, -0.05) is 6.92 Å². The van der Waals surface area contributed by atoms with Gasteiger partial charge in [-0.05, 0) is 46.5 Å². The lowest BCUT2D eigenvalue weighted by Crippen LogP contribution is -2.48. The summed E-state index contributed by atoms with van der Waals surface area (Å²) in [5.41, 5.74) is 6.64. The molecular formula is C14H19BrN2O2. The topological polar surface area (TPSA) is 55.6 Å². The first kappa shape index (κ1) is 14.3. The molecule has 1 aromatic rings. The van der Waals surface area contributed by atoms with E-state index < -0.39 is 0 Å². The first-order valence-electron chi connectivity index (χ1n) is 6.39. The molecule has 1 aliphatic rings. The normalized spacial score (nSPS) is 23.3. The minimum atomic E-state index is 0.0327. The molecule has 0 aromatic heterocycles. The van der Waals surface area contributed by atoms with Crippen LogP contribution in [0.5, 0.6) is 5.75 Å². The third-order valence-electron chi connectivity index (χ3n) is 3.38. The third kappa shape index (κ3) is 3.28. The molecular weight excluding hydrogens is 308 g/mol. The number of nitrogens with zero attached hydrogens (tertiary/aromatic N) is 1. The van der Waals surface area contributed by atoms with Gasteiger partial charge >= 0.3 is 0 Å². The van der Waals surface area contributed by atoms with Crippen LogP contribution in [0.15, 0.2) is 22.7 Å². The molecule has 0 bridgehead atoms. The van der Waals surface area contributed by atoms with E-state index >= 15 is 0 Å². The highest BCUT2D eigenvalue weighted by molar-refractivity contribution is 9.10. The van der Waals surface area contributed by atoms with Gasteiger partial charge in [0.1, 0.15) is 5.75 Å². The average molecular weight is 327 g/mol. The Hall–Kier alpha value is -1.07. The fourth-order valence-corrected chi connectivity index (χ4v) is 3.09. The summed E-state index contributed by atoms with van der Waals surface area (Å²) in [5, 5.41) is 0. The Labute approximate surface area is 122 Å². The van der Waals surface area contributed by atoms with Crippen LogP contribution in [0.4, 0.5) is 0 Å². The van der Waals surface area contributed by atoms with Crippen molar-refractivity contribution in [3.8, 4) is 5.75 Å². The summed E-state index contributed by atoms with van der Waals surface area (Å²) in [6.07, 6.45) is 0.982. The molecule has 1 aliphatic heterocycles. The van der Waals surface area contributed by atoms with Crippen LogP contribution in [0.3, 0.4) is 0 Å². The third-order valence-corrected chi connectivity index (χ3v) is 4.00. The molecule has 1 aromatic carbocycles. The fraction of sp³-hybridized carbons (Fsp3) is 0.500. The lowest BCUT2D eigenvalue weighted by molar-refractivity contribution is 0.0661. The van der Waals surface area contributed by atoms with Gasteiger partial charge in [0, 0.05) is 24.7 Å². The van der Waals surface area contributed by atoms with E-state index in [1.54, 1.807) is 25.3 Å². The maximum atomic E-state index is 12.5. The van der Waals surface area contributed by atoms with Crippen LogP contribution >= 0.6 is 15.9 Å². The summed E-state index contributed by atoms with van der Waals surface area (Å²) in [6, 6.07) is 5.46. The number of benzene rings is 1. The van der Waals surface area contributed by atoms with Gasteiger partial charge in [-0.15, -0.1) is 0 Å². The Balaban J connectivity index is 2.17. The van der Waals surface area contributed by atoms with Crippen LogP contribution in [0.2, 0.25) is 0 Å². The Morgan fingerprint density at radius 1 is 1.47 bits per heavy atom. The quantitative estimate of drug-likeness (QED) is 0.907. The molecule has 1 fully saturated rings. The van der Waals surface area contributed by atoms with E-state index in [9.17, 15) is 4.79 Å². The number of amides is 1. The van der Waals surface area contributed by atoms with Crippen LogP contribution in [0, 0.1) is 5.92 Å². The minimum Gasteiger partial charge on any atom is -0.496 e. The Bertz CT molecular complexity index is 469. The van der Waals surface area contributed by atoms with E-state index in [0.29, 0.717) is 18.0 Å². The van der Waals surface area contributed by atoms with E-state index in [4.69, 9.17) is 10.5 Å². The van der Waals surface area contributed by atoms with Gasteiger partial charge in [0.2, 0.25) is 0 Å². The van der Waals surface area contributed by atoms with E-state index in [0.717, 1.165) is 23.2 Å². The predicted octanol–water partition coefficient (Wildman–Crippen LogP) is 2.27. The van der Waals surface area contributed by atoms with Crippen LogP contribution < -0.4 is 10.5 Å². The molecule has 0 aliphatic carbocycles. The number of rotatable bonds is 2. The second-order valence-corrected chi connectivity index (χ2v) is 6.01. The number of likely N-dealkylation sites (tertiary alicyclic amines) is 1. The van der Waals surface area contributed by atoms with Crippen LogP contribution in [-0.4, -0.2) is 37.0 Å². The van der Waals surface area contributed by atoms with Crippen LogP contribution in [0.1, 0.15) is 23.7 Å². The lowest BCUT2D eigenvalue weighted by atomic mass is 9.96. The summed E-state index contributed by atoms with van der Waals surface area (Å²) in [6.45, 7) is 3.53. The number of nitrogens with two attached hydrogens (primary N) is 1. The highest BCUT2D eigenvalue weighted by atomic mass is 79.9. The van der Waals surface area contributed by atoms with Crippen molar-refractivity contribution in [2.75, 3.05) is 20.2 Å². The van der Waals surface area contributed by atoms with E-state index in [2.05, 4.69) is 22.9 Å². The summed E-state index contributed by atoms with van der Waals surface area (Å²) in [7, 11) is 1.60. The summed E-state index contributed by atoms with van der Waals surface area (Å²) < 4.78 is 5.95. The number of piperidine rings is 1. The number of hydrogen-bond donors (Lipinski definition) is 1. The minimum absolute atomic E-state index is 0.0327. The molecule has 4 nitrogen and oxygen atoms in total. The lowest BCUT2D eigenvalue weighted by Gasteiger charge is -2.34. The Kier molecular flexibility index (Phi) is 4.47. The van der Waals surface area contributed by atoms with Crippen molar-refractivity contribution < 1.29 is 9.53 Å². The maximum absolute atomic E-state index is 12.5. The van der Waals surface area contributed by atoms with Gasteiger partial charge in [-0.2, -0.15) is 0 Å². The number of carbonyl (C=O) groups excluding carboxylic acids is 1. The molecule has 2 unspecified atom stereocenters. The van der Waals surface area contributed by atoms with Crippen LogP contribution in [0.25, 0.3) is 0 Å². The van der Waals surface area contributed by atoms with Crippen molar-refractivity contribution in [2.24, 2.45) is 11.7 Å². The Morgan fingerprint density at radius 3 is 2.79 bits per heavy atom. The molecule has 19 heavy (non-hydrogen) atoms. The standard InChI is InChI=1S/C14H19BrN2O2/c1-9-5-11(16)8-17(7-9)14(18)10-3-4-13(19-2)12(15)6-10/h3-4,6,9,11H,5,7-8,16H2,1-2H3. The second kappa shape index (κ2) is 5.92. The molecule has 2 N–H and O–H groups in total. The molecule has 104 valence electrons. The molecule has 1 heterocycles. The van der Waals surface area contributed by atoms with Crippen LogP contribution in [-0.2, 0) is 0 Å². The molecule has 0 saturated carbocycles. The van der Waals surface area contributed by atoms with Gasteiger partial charge in [0.05, 0.1) is 11.6 Å². The zero-order valence-electron chi connectivity index (χ0n) is 11.2. The molecule has 0 radical (unpaired) electrons. The van der Waals surface area contributed by atoms with Crippen molar-refractivity contribution in [1.29, 1.82) is 0 Å². The largest absolute Gasteiger partial charge is 0.496 e. The van der Waals surface area contributed by atoms with Gasteiger partial charge in [-0.3, -0.25) is 4.79 Å². The summed E-state index contributed by atoms with van der Waals surface area (Å²) in [5.74, 6) is 1.21. The number of hydrogen-bond acceptors (Lipinski definition) is 3. The molecule has 1 amide bonds. The average Bonchev–Trinajstić information content (AvgIpc) is 2.36. The SMILES string of the molecule is COc1ccc(C(=O)N2CC(C)CC(N)C2)cc1Br. The van der Waals surface area contributed by atoms with Gasteiger partial charge < -0.3 is 15.4 Å². The summed E-state index contributed by atoms with van der Waals surface area (Å²) in [4.78, 5) is 14.3. The van der Waals surface area contributed by atoms with Gasteiger partial charge in [-0.25, -0.2) is 0 Å². The van der Waals surface area contributed by atoms with Crippen molar-refractivity contribution in [2.45, 2.75) is 19.4 Å². The van der Waals surface area contributed by atoms with Gasteiger partial charge in [0.25, 0.3) is 5.91 Å². The summed E-state index contributed by atoms with van der Waals surface area (Å²) >= 11 is 3.40. The van der Waals surface area contributed by atoms with E-state index in [1.165, 1.54) is 0 Å². The van der Waals surface area contributed by atoms with E-state index in [1.807, 2.05) is 4.90 Å². The maximum Gasteiger partial charge on any atom is 0.253 e. The molecule has 2 rings (SSSR count). The zero-order chi connectivity index (χ0) is 14.0. The number of halogens is 1. The van der Waals surface area contributed by atoms with E-state index in [-0.39, 0.29) is 11.9 Å². The van der Waals surface area contributed by atoms with Crippen molar-refractivity contribution in [3.05, 3.63) is 28.2 Å². The second-order valence-electron chi connectivity index (χ2n) is 5.16. The first-order valence-corrected chi connectivity index (χ1v) is 7.19. The van der Waals surface area contributed by atoms with Crippen molar-refractivity contribution >= 4 is 21.8 Å². The predicted molar refractivity (Wildman–Crippen MR) is 78.4 cm³/mol. The monoisotopic (exact) mass is 326 g/mol. The molecule has 1 saturated heterocycles. The number of methoxy groups -OCH3 is 1. The highest BCUT2D eigenvalue weighted by Gasteiger charge is 2.26. The first-order chi connectivity index (χ1) is 9.01.